The maximum Gasteiger partial charge on any atom is 0.310 e. The molecule has 1 atom stereocenters. The third-order valence-electron chi connectivity index (χ3n) is 3.62. The monoisotopic (exact) mass is 250 g/mol. The summed E-state index contributed by atoms with van der Waals surface area (Å²) >= 11 is 0. The normalized spacial score (nSPS) is 12.7. The van der Waals surface area contributed by atoms with Crippen molar-refractivity contribution in [3.8, 4) is 0 Å². The Balaban J connectivity index is 2.49. The summed E-state index contributed by atoms with van der Waals surface area (Å²) in [5.41, 5.74) is 0.904. The Hall–Kier alpha value is -2.35. The molecule has 0 saturated carbocycles. The van der Waals surface area contributed by atoms with Crippen molar-refractivity contribution in [1.82, 2.24) is 0 Å². The first-order chi connectivity index (χ1) is 9.18. The van der Waals surface area contributed by atoms with Gasteiger partial charge in [-0.15, -0.1) is 0 Å². The molecule has 0 spiro atoms. The fraction of sp³-hybridized carbons (Fsp3) is 0.118. The van der Waals surface area contributed by atoms with Gasteiger partial charge in [0.1, 0.15) is 0 Å². The van der Waals surface area contributed by atoms with Gasteiger partial charge in [-0.2, -0.15) is 0 Å². The van der Waals surface area contributed by atoms with Gasteiger partial charge in [-0.1, -0.05) is 48.5 Å². The third kappa shape index (κ3) is 1.85. The molecule has 2 heteroatoms. The lowest BCUT2D eigenvalue weighted by Gasteiger charge is -2.14. The van der Waals surface area contributed by atoms with E-state index >= 15 is 0 Å². The summed E-state index contributed by atoms with van der Waals surface area (Å²) in [6.45, 7) is 1.75. The number of fused-ring (bicyclic) bond motifs is 2. The van der Waals surface area contributed by atoms with Gasteiger partial charge in [0, 0.05) is 0 Å². The lowest BCUT2D eigenvalue weighted by atomic mass is 9.89. The number of carboxylic acid groups (broad SMARTS) is 1. The van der Waals surface area contributed by atoms with E-state index in [1.165, 1.54) is 0 Å². The van der Waals surface area contributed by atoms with Crippen molar-refractivity contribution in [2.75, 3.05) is 0 Å². The summed E-state index contributed by atoms with van der Waals surface area (Å²) in [6.07, 6.45) is 0. The largest absolute Gasteiger partial charge is 0.481 e. The Bertz CT molecular complexity index is 720. The fourth-order valence-corrected chi connectivity index (χ4v) is 2.64. The van der Waals surface area contributed by atoms with E-state index in [4.69, 9.17) is 0 Å². The Kier molecular flexibility index (Phi) is 2.71. The molecule has 0 aliphatic rings. The first-order valence-electron chi connectivity index (χ1n) is 6.31. The quantitative estimate of drug-likeness (QED) is 0.693. The fourth-order valence-electron chi connectivity index (χ4n) is 2.64. The van der Waals surface area contributed by atoms with Gasteiger partial charge in [-0.3, -0.25) is 4.79 Å². The zero-order valence-electron chi connectivity index (χ0n) is 10.6. The molecule has 0 aliphatic heterocycles. The molecule has 2 nitrogen and oxygen atoms in total. The van der Waals surface area contributed by atoms with Crippen molar-refractivity contribution in [2.24, 2.45) is 0 Å². The highest BCUT2D eigenvalue weighted by atomic mass is 16.4. The highest BCUT2D eigenvalue weighted by Gasteiger charge is 2.19. The molecule has 0 heterocycles. The minimum Gasteiger partial charge on any atom is -0.481 e. The van der Waals surface area contributed by atoms with Gasteiger partial charge in [-0.05, 0) is 40.1 Å². The predicted octanol–water partition coefficient (Wildman–Crippen LogP) is 4.18. The van der Waals surface area contributed by atoms with Gasteiger partial charge in [-0.25, -0.2) is 0 Å². The van der Waals surface area contributed by atoms with E-state index in [2.05, 4.69) is 6.07 Å². The highest BCUT2D eigenvalue weighted by molar-refractivity contribution is 6.05. The average molecular weight is 250 g/mol. The summed E-state index contributed by atoms with van der Waals surface area (Å²) in [5.74, 6) is -1.31. The molecule has 3 rings (SSSR count). The minimum absolute atomic E-state index is 0.518. The van der Waals surface area contributed by atoms with Crippen molar-refractivity contribution in [2.45, 2.75) is 12.8 Å². The van der Waals surface area contributed by atoms with Crippen LogP contribution < -0.4 is 0 Å². The van der Waals surface area contributed by atoms with Gasteiger partial charge in [0.05, 0.1) is 5.92 Å². The Labute approximate surface area is 111 Å². The van der Waals surface area contributed by atoms with Crippen LogP contribution in [0.3, 0.4) is 0 Å². The van der Waals surface area contributed by atoms with Crippen molar-refractivity contribution in [3.05, 3.63) is 60.2 Å². The number of carbonyl (C=O) groups is 1. The average Bonchev–Trinajstić information content (AvgIpc) is 2.43. The zero-order chi connectivity index (χ0) is 13.4. The molecule has 1 N–H and O–H groups in total. The minimum atomic E-state index is -0.790. The lowest BCUT2D eigenvalue weighted by molar-refractivity contribution is -0.138. The van der Waals surface area contributed by atoms with Crippen LogP contribution in [0.2, 0.25) is 0 Å². The summed E-state index contributed by atoms with van der Waals surface area (Å²) in [6, 6.07) is 18.0. The third-order valence-corrected chi connectivity index (χ3v) is 3.62. The summed E-state index contributed by atoms with van der Waals surface area (Å²) in [7, 11) is 0. The smallest absolute Gasteiger partial charge is 0.310 e. The number of rotatable bonds is 2. The van der Waals surface area contributed by atoms with Crippen molar-refractivity contribution in [3.63, 3.8) is 0 Å². The van der Waals surface area contributed by atoms with Crippen LogP contribution in [0.4, 0.5) is 0 Å². The molecule has 0 aromatic heterocycles. The molecule has 0 saturated heterocycles. The van der Waals surface area contributed by atoms with Gasteiger partial charge in [0.15, 0.2) is 0 Å². The summed E-state index contributed by atoms with van der Waals surface area (Å²) in [5, 5.41) is 13.6. The van der Waals surface area contributed by atoms with Crippen molar-refractivity contribution < 1.29 is 9.90 Å². The van der Waals surface area contributed by atoms with E-state index in [1.54, 1.807) is 6.92 Å². The van der Waals surface area contributed by atoms with Crippen LogP contribution in [0.5, 0.6) is 0 Å². The molecule has 0 fully saturated rings. The van der Waals surface area contributed by atoms with Crippen molar-refractivity contribution in [1.29, 1.82) is 0 Å². The second-order valence-electron chi connectivity index (χ2n) is 4.79. The Morgan fingerprint density at radius 2 is 1.42 bits per heavy atom. The molecule has 3 aromatic carbocycles. The zero-order valence-corrected chi connectivity index (χ0v) is 10.6. The first kappa shape index (κ1) is 11.7. The molecular weight excluding hydrogens is 236 g/mol. The van der Waals surface area contributed by atoms with Crippen LogP contribution in [0.1, 0.15) is 18.4 Å². The van der Waals surface area contributed by atoms with E-state index in [-0.39, 0.29) is 0 Å². The number of benzene rings is 3. The molecular formula is C17H14O2. The summed E-state index contributed by atoms with van der Waals surface area (Å²) in [4.78, 5) is 11.4. The van der Waals surface area contributed by atoms with Crippen LogP contribution in [-0.4, -0.2) is 11.1 Å². The molecule has 94 valence electrons. The summed E-state index contributed by atoms with van der Waals surface area (Å²) < 4.78 is 0. The topological polar surface area (TPSA) is 37.3 Å². The SMILES string of the molecule is C[C@H](C(=O)O)c1c2ccccc2cc2ccccc12. The molecule has 0 amide bonds. The van der Waals surface area contributed by atoms with Crippen LogP contribution in [0.15, 0.2) is 54.6 Å². The maximum absolute atomic E-state index is 11.4. The van der Waals surface area contributed by atoms with Gasteiger partial charge in [0.25, 0.3) is 0 Å². The molecule has 0 bridgehead atoms. The number of carboxylic acids is 1. The van der Waals surface area contributed by atoms with Crippen LogP contribution in [0.25, 0.3) is 21.5 Å². The van der Waals surface area contributed by atoms with E-state index in [0.717, 1.165) is 27.1 Å². The number of hydrogen-bond acceptors (Lipinski definition) is 1. The number of aliphatic carboxylic acids is 1. The molecule has 19 heavy (non-hydrogen) atoms. The maximum atomic E-state index is 11.4. The van der Waals surface area contributed by atoms with Gasteiger partial charge < -0.3 is 5.11 Å². The molecule has 0 radical (unpaired) electrons. The van der Waals surface area contributed by atoms with E-state index in [0.29, 0.717) is 0 Å². The van der Waals surface area contributed by atoms with Crippen LogP contribution in [-0.2, 0) is 4.79 Å². The van der Waals surface area contributed by atoms with Gasteiger partial charge in [0.2, 0.25) is 0 Å². The van der Waals surface area contributed by atoms with E-state index in [9.17, 15) is 9.90 Å². The standard InChI is InChI=1S/C17H14O2/c1-11(17(18)19)16-14-8-4-2-6-12(14)10-13-7-3-5-9-15(13)16/h2-11H,1H3,(H,18,19)/t11-/m0/s1. The van der Waals surface area contributed by atoms with E-state index < -0.39 is 11.9 Å². The molecule has 3 aromatic rings. The van der Waals surface area contributed by atoms with E-state index in [1.807, 2.05) is 48.5 Å². The first-order valence-corrected chi connectivity index (χ1v) is 6.31. The highest BCUT2D eigenvalue weighted by Crippen LogP contribution is 2.33. The Morgan fingerprint density at radius 1 is 0.947 bits per heavy atom. The van der Waals surface area contributed by atoms with Crippen LogP contribution in [0, 0.1) is 0 Å². The molecule has 0 unspecified atom stereocenters. The van der Waals surface area contributed by atoms with Crippen LogP contribution >= 0.6 is 0 Å². The number of hydrogen-bond donors (Lipinski definition) is 1. The second-order valence-corrected chi connectivity index (χ2v) is 4.79. The predicted molar refractivity (Wildman–Crippen MR) is 77.5 cm³/mol. The van der Waals surface area contributed by atoms with Gasteiger partial charge >= 0.3 is 5.97 Å². The molecule has 0 aliphatic carbocycles. The Morgan fingerprint density at radius 3 is 1.89 bits per heavy atom. The van der Waals surface area contributed by atoms with Crippen molar-refractivity contribution >= 4 is 27.5 Å². The second kappa shape index (κ2) is 4.39. The lowest BCUT2D eigenvalue weighted by Crippen LogP contribution is -2.08.